The van der Waals surface area contributed by atoms with Gasteiger partial charge in [0, 0.05) is 0 Å². The van der Waals surface area contributed by atoms with E-state index in [0.29, 0.717) is 0 Å². The van der Waals surface area contributed by atoms with E-state index in [4.69, 9.17) is 20.9 Å². The first-order valence-electron chi connectivity index (χ1n) is 4.62. The zero-order valence-electron chi connectivity index (χ0n) is 8.86. The summed E-state index contributed by atoms with van der Waals surface area (Å²) in [6.45, 7) is 1.89. The van der Waals surface area contributed by atoms with Crippen molar-refractivity contribution in [2.45, 2.75) is 13.0 Å². The lowest BCUT2D eigenvalue weighted by Gasteiger charge is -2.11. The summed E-state index contributed by atoms with van der Waals surface area (Å²) >= 11 is 0. The van der Waals surface area contributed by atoms with Crippen molar-refractivity contribution in [1.82, 2.24) is 20.6 Å². The van der Waals surface area contributed by atoms with E-state index in [1.807, 2.05) is 0 Å². The van der Waals surface area contributed by atoms with E-state index in [-0.39, 0.29) is 36.1 Å². The van der Waals surface area contributed by atoms with E-state index in [9.17, 15) is 0 Å². The van der Waals surface area contributed by atoms with Crippen LogP contribution in [-0.4, -0.2) is 33.3 Å². The molecule has 1 atom stereocenters. The lowest BCUT2D eigenvalue weighted by Crippen LogP contribution is -2.22. The summed E-state index contributed by atoms with van der Waals surface area (Å²) in [4.78, 5) is 0. The fraction of sp³-hybridized carbons (Fsp3) is 0.429. The van der Waals surface area contributed by atoms with Crippen molar-refractivity contribution in [2.75, 3.05) is 18.1 Å². The molecule has 4 N–H and O–H groups in total. The molecule has 0 amide bonds. The molecule has 17 heavy (non-hydrogen) atoms. The van der Waals surface area contributed by atoms with Crippen molar-refractivity contribution in [1.29, 1.82) is 0 Å². The highest BCUT2D eigenvalue weighted by atomic mass is 16.6. The number of nitrogens with two attached hydrogens (primary N) is 2. The van der Waals surface area contributed by atoms with Crippen molar-refractivity contribution in [2.24, 2.45) is 0 Å². The second-order valence-corrected chi connectivity index (χ2v) is 3.15. The Morgan fingerprint density at radius 2 is 1.65 bits per heavy atom. The Labute approximate surface area is 94.8 Å². The van der Waals surface area contributed by atoms with Crippen LogP contribution in [0, 0.1) is 0 Å². The molecule has 2 aromatic heterocycles. The third-order valence-electron chi connectivity index (χ3n) is 1.73. The van der Waals surface area contributed by atoms with Gasteiger partial charge in [0.2, 0.25) is 11.6 Å². The van der Waals surface area contributed by atoms with E-state index in [1.165, 1.54) is 0 Å². The quantitative estimate of drug-likeness (QED) is 0.699. The molecular formula is C7H10N6O4. The molecule has 0 radical (unpaired) electrons. The van der Waals surface area contributed by atoms with Crippen LogP contribution in [0.25, 0.3) is 0 Å². The number of nitrogen functional groups attached to an aromatic ring is 2. The zero-order valence-corrected chi connectivity index (χ0v) is 8.86. The molecule has 2 aromatic rings. The number of anilines is 2. The number of aromatic nitrogens is 4. The van der Waals surface area contributed by atoms with Gasteiger partial charge in [-0.1, -0.05) is 0 Å². The molecule has 0 saturated heterocycles. The van der Waals surface area contributed by atoms with Crippen molar-refractivity contribution in [3.8, 4) is 11.8 Å². The SMILES string of the molecule is C[C@@H](COc1nonc1N)Oc1nonc1N. The summed E-state index contributed by atoms with van der Waals surface area (Å²) in [7, 11) is 0. The molecule has 0 fully saturated rings. The van der Waals surface area contributed by atoms with E-state index in [1.54, 1.807) is 6.92 Å². The summed E-state index contributed by atoms with van der Waals surface area (Å²) in [5.74, 6) is 0.346. The van der Waals surface area contributed by atoms with Crippen molar-refractivity contribution in [3.05, 3.63) is 0 Å². The second kappa shape index (κ2) is 4.55. The van der Waals surface area contributed by atoms with Crippen LogP contribution >= 0.6 is 0 Å². The topological polar surface area (TPSA) is 148 Å². The second-order valence-electron chi connectivity index (χ2n) is 3.15. The minimum atomic E-state index is -0.361. The average molecular weight is 242 g/mol. The smallest absolute Gasteiger partial charge is 0.300 e. The van der Waals surface area contributed by atoms with Crippen LogP contribution in [0.1, 0.15) is 6.92 Å². The molecule has 0 aliphatic heterocycles. The largest absolute Gasteiger partial charge is 0.469 e. The van der Waals surface area contributed by atoms with Gasteiger partial charge in [-0.3, -0.25) is 0 Å². The van der Waals surface area contributed by atoms with Crippen molar-refractivity contribution < 1.29 is 18.7 Å². The predicted molar refractivity (Wildman–Crippen MR) is 53.0 cm³/mol. The summed E-state index contributed by atoms with van der Waals surface area (Å²) < 4.78 is 19.2. The summed E-state index contributed by atoms with van der Waals surface area (Å²) in [5.41, 5.74) is 10.8. The molecule has 2 rings (SSSR count). The highest BCUT2D eigenvalue weighted by Crippen LogP contribution is 2.17. The molecule has 0 spiro atoms. The summed E-state index contributed by atoms with van der Waals surface area (Å²) in [6.07, 6.45) is -0.361. The Morgan fingerprint density at radius 1 is 1.06 bits per heavy atom. The van der Waals surface area contributed by atoms with Crippen molar-refractivity contribution >= 4 is 11.6 Å². The normalized spacial score (nSPS) is 12.3. The monoisotopic (exact) mass is 242 g/mol. The van der Waals surface area contributed by atoms with Crippen LogP contribution in [0.5, 0.6) is 11.8 Å². The van der Waals surface area contributed by atoms with Crippen LogP contribution in [0.3, 0.4) is 0 Å². The van der Waals surface area contributed by atoms with Crippen LogP contribution in [0.15, 0.2) is 9.26 Å². The molecular weight excluding hydrogens is 232 g/mol. The molecule has 0 aromatic carbocycles. The number of hydrogen-bond acceptors (Lipinski definition) is 10. The minimum absolute atomic E-state index is 0.0690. The molecule has 2 heterocycles. The number of ether oxygens (including phenoxy) is 2. The molecule has 0 unspecified atom stereocenters. The highest BCUT2D eigenvalue weighted by molar-refractivity contribution is 5.37. The van der Waals surface area contributed by atoms with E-state index >= 15 is 0 Å². The Morgan fingerprint density at radius 3 is 2.18 bits per heavy atom. The van der Waals surface area contributed by atoms with Crippen LogP contribution in [0.2, 0.25) is 0 Å². The van der Waals surface area contributed by atoms with E-state index in [0.717, 1.165) is 0 Å². The average Bonchev–Trinajstić information content (AvgIpc) is 2.86. The van der Waals surface area contributed by atoms with Crippen LogP contribution in [-0.2, 0) is 0 Å². The van der Waals surface area contributed by atoms with Gasteiger partial charge in [0.05, 0.1) is 0 Å². The van der Waals surface area contributed by atoms with Gasteiger partial charge < -0.3 is 20.9 Å². The Hall–Kier alpha value is -2.52. The maximum Gasteiger partial charge on any atom is 0.300 e. The minimum Gasteiger partial charge on any atom is -0.469 e. The molecule has 92 valence electrons. The van der Waals surface area contributed by atoms with E-state index < -0.39 is 0 Å². The lowest BCUT2D eigenvalue weighted by atomic mass is 10.4. The van der Waals surface area contributed by atoms with Gasteiger partial charge in [-0.2, -0.15) is 0 Å². The Balaban J connectivity index is 1.84. The molecule has 0 saturated carbocycles. The third-order valence-corrected chi connectivity index (χ3v) is 1.73. The van der Waals surface area contributed by atoms with Gasteiger partial charge in [0.15, 0.2) is 0 Å². The van der Waals surface area contributed by atoms with Gasteiger partial charge in [0.25, 0.3) is 5.88 Å². The molecule has 0 aliphatic rings. The van der Waals surface area contributed by atoms with Crippen LogP contribution in [0.4, 0.5) is 11.6 Å². The fourth-order valence-electron chi connectivity index (χ4n) is 0.978. The molecule has 0 bridgehead atoms. The van der Waals surface area contributed by atoms with Crippen LogP contribution < -0.4 is 20.9 Å². The third kappa shape index (κ3) is 2.53. The maximum atomic E-state index is 5.41. The highest BCUT2D eigenvalue weighted by Gasteiger charge is 2.14. The molecule has 10 nitrogen and oxygen atoms in total. The van der Waals surface area contributed by atoms with Gasteiger partial charge in [-0.05, 0) is 27.6 Å². The zero-order chi connectivity index (χ0) is 12.3. The van der Waals surface area contributed by atoms with Gasteiger partial charge in [-0.15, -0.1) is 0 Å². The lowest BCUT2D eigenvalue weighted by molar-refractivity contribution is 0.126. The first-order chi connectivity index (χ1) is 8.16. The van der Waals surface area contributed by atoms with Gasteiger partial charge in [-0.25, -0.2) is 9.26 Å². The first kappa shape index (κ1) is 11.0. The van der Waals surface area contributed by atoms with Crippen molar-refractivity contribution in [3.63, 3.8) is 0 Å². The van der Waals surface area contributed by atoms with Gasteiger partial charge in [0.1, 0.15) is 12.7 Å². The molecule has 0 aliphatic carbocycles. The number of rotatable bonds is 5. The standard InChI is InChI=1S/C7H10N6O4/c1-3(15-7-5(9)11-17-13-7)2-14-6-4(8)10-16-12-6/h3H,2H2,1H3,(H2,8,10)(H2,9,11)/t3-/m0/s1. The van der Waals surface area contributed by atoms with E-state index in [2.05, 4.69) is 29.9 Å². The Bertz CT molecular complexity index is 482. The predicted octanol–water partition coefficient (Wildman–Crippen LogP) is -0.537. The summed E-state index contributed by atoms with van der Waals surface area (Å²) in [5, 5.41) is 13.6. The maximum absolute atomic E-state index is 5.41. The molecule has 10 heteroatoms. The Kier molecular flexibility index (Phi) is 2.94. The fourth-order valence-corrected chi connectivity index (χ4v) is 0.978. The van der Waals surface area contributed by atoms with Gasteiger partial charge >= 0.3 is 5.88 Å². The number of hydrogen-bond donors (Lipinski definition) is 2. The summed E-state index contributed by atoms with van der Waals surface area (Å²) in [6, 6.07) is 0. The first-order valence-corrected chi connectivity index (χ1v) is 4.62. The number of nitrogens with zero attached hydrogens (tertiary/aromatic N) is 4.